The number of nitrogens with zero attached hydrogens (tertiary/aromatic N) is 5. The second-order valence-electron chi connectivity index (χ2n) is 8.77. The SMILES string of the molecule is CC1(c2cccnc2)C=CN=C(C(=O)Nc2cccc(-c3nncn3CC3(O)CC3)c2)C1. The number of rotatable bonds is 6. The van der Waals surface area contributed by atoms with E-state index in [4.69, 9.17) is 0 Å². The van der Waals surface area contributed by atoms with Gasteiger partial charge in [0.15, 0.2) is 5.82 Å². The van der Waals surface area contributed by atoms with E-state index in [0.29, 0.717) is 30.2 Å². The highest BCUT2D eigenvalue weighted by Gasteiger charge is 2.41. The molecule has 8 heteroatoms. The third-order valence-corrected chi connectivity index (χ3v) is 6.08. The van der Waals surface area contributed by atoms with Crippen molar-refractivity contribution in [2.24, 2.45) is 4.99 Å². The predicted molar refractivity (Wildman–Crippen MR) is 121 cm³/mol. The fourth-order valence-corrected chi connectivity index (χ4v) is 3.93. The van der Waals surface area contributed by atoms with Crippen LogP contribution in [0.2, 0.25) is 0 Å². The number of carbonyl (C=O) groups excluding carboxylic acids is 1. The van der Waals surface area contributed by atoms with E-state index in [1.165, 1.54) is 0 Å². The normalized spacial score (nSPS) is 21.1. The van der Waals surface area contributed by atoms with E-state index in [1.54, 1.807) is 18.7 Å². The fourth-order valence-electron chi connectivity index (χ4n) is 3.93. The van der Waals surface area contributed by atoms with Gasteiger partial charge in [0.1, 0.15) is 12.0 Å². The molecule has 3 heterocycles. The molecule has 1 aliphatic carbocycles. The van der Waals surface area contributed by atoms with Crippen molar-refractivity contribution in [2.45, 2.75) is 43.7 Å². The van der Waals surface area contributed by atoms with Crippen LogP contribution in [-0.4, -0.2) is 42.1 Å². The molecule has 0 radical (unpaired) electrons. The van der Waals surface area contributed by atoms with Crippen molar-refractivity contribution in [1.82, 2.24) is 19.7 Å². The summed E-state index contributed by atoms with van der Waals surface area (Å²) in [6.45, 7) is 2.53. The van der Waals surface area contributed by atoms with Crippen LogP contribution in [0.1, 0.15) is 31.7 Å². The lowest BCUT2D eigenvalue weighted by atomic mass is 9.77. The van der Waals surface area contributed by atoms with Gasteiger partial charge in [0.05, 0.1) is 12.1 Å². The van der Waals surface area contributed by atoms with Crippen molar-refractivity contribution in [1.29, 1.82) is 0 Å². The van der Waals surface area contributed by atoms with Crippen LogP contribution in [-0.2, 0) is 16.8 Å². The molecule has 1 aromatic carbocycles. The number of benzene rings is 1. The molecule has 2 N–H and O–H groups in total. The molecule has 0 spiro atoms. The summed E-state index contributed by atoms with van der Waals surface area (Å²) in [4.78, 5) is 21.5. The Morgan fingerprint density at radius 1 is 1.25 bits per heavy atom. The zero-order valence-corrected chi connectivity index (χ0v) is 17.8. The highest BCUT2D eigenvalue weighted by atomic mass is 16.3. The van der Waals surface area contributed by atoms with E-state index in [-0.39, 0.29) is 11.3 Å². The number of amides is 1. The molecule has 1 amide bonds. The summed E-state index contributed by atoms with van der Waals surface area (Å²) in [5.41, 5.74) is 1.96. The summed E-state index contributed by atoms with van der Waals surface area (Å²) in [7, 11) is 0. The quantitative estimate of drug-likeness (QED) is 0.628. The average Bonchev–Trinajstić information content (AvgIpc) is 3.35. The number of aliphatic imine (C=N–C) groups is 1. The Bertz CT molecular complexity index is 1210. The first-order chi connectivity index (χ1) is 15.4. The molecular weight excluding hydrogens is 404 g/mol. The lowest BCUT2D eigenvalue weighted by molar-refractivity contribution is -0.110. The van der Waals surface area contributed by atoms with E-state index >= 15 is 0 Å². The maximum absolute atomic E-state index is 13.0. The molecule has 8 nitrogen and oxygen atoms in total. The molecule has 0 saturated heterocycles. The van der Waals surface area contributed by atoms with Gasteiger partial charge in [0.25, 0.3) is 5.91 Å². The largest absolute Gasteiger partial charge is 0.388 e. The summed E-state index contributed by atoms with van der Waals surface area (Å²) in [5.74, 6) is 0.416. The number of pyridine rings is 1. The Morgan fingerprint density at radius 3 is 2.91 bits per heavy atom. The van der Waals surface area contributed by atoms with Crippen molar-refractivity contribution < 1.29 is 9.90 Å². The van der Waals surface area contributed by atoms with E-state index in [1.807, 2.05) is 53.2 Å². The van der Waals surface area contributed by atoms with Crippen LogP contribution >= 0.6 is 0 Å². The van der Waals surface area contributed by atoms with Gasteiger partial charge >= 0.3 is 0 Å². The Morgan fingerprint density at radius 2 is 2.12 bits per heavy atom. The van der Waals surface area contributed by atoms with Gasteiger partial charge in [-0.2, -0.15) is 0 Å². The zero-order valence-electron chi connectivity index (χ0n) is 17.8. The van der Waals surface area contributed by atoms with Gasteiger partial charge in [0.2, 0.25) is 0 Å². The van der Waals surface area contributed by atoms with Crippen LogP contribution in [0.3, 0.4) is 0 Å². The van der Waals surface area contributed by atoms with Gasteiger partial charge < -0.3 is 15.0 Å². The second kappa shape index (κ2) is 7.80. The number of anilines is 1. The molecule has 2 aromatic heterocycles. The van der Waals surface area contributed by atoms with Gasteiger partial charge in [-0.05, 0) is 36.6 Å². The van der Waals surface area contributed by atoms with Crippen LogP contribution < -0.4 is 5.32 Å². The molecule has 1 aliphatic heterocycles. The molecule has 0 bridgehead atoms. The highest BCUT2D eigenvalue weighted by Crippen LogP contribution is 2.37. The van der Waals surface area contributed by atoms with Crippen molar-refractivity contribution in [3.8, 4) is 11.4 Å². The molecule has 1 fully saturated rings. The number of hydrogen-bond acceptors (Lipinski definition) is 6. The van der Waals surface area contributed by atoms with Gasteiger partial charge in [-0.25, -0.2) is 0 Å². The number of aliphatic hydroxyl groups is 1. The number of allylic oxidation sites excluding steroid dienone is 1. The van der Waals surface area contributed by atoms with Crippen LogP contribution in [0.5, 0.6) is 0 Å². The maximum atomic E-state index is 13.0. The summed E-state index contributed by atoms with van der Waals surface area (Å²) in [6, 6.07) is 11.4. The number of aromatic nitrogens is 4. The molecule has 1 saturated carbocycles. The minimum absolute atomic E-state index is 0.240. The van der Waals surface area contributed by atoms with Crippen LogP contribution in [0.25, 0.3) is 11.4 Å². The first kappa shape index (κ1) is 20.3. The Kier molecular flexibility index (Phi) is 4.94. The number of hydrogen-bond donors (Lipinski definition) is 2. The summed E-state index contributed by atoms with van der Waals surface area (Å²) < 4.78 is 1.85. The summed E-state index contributed by atoms with van der Waals surface area (Å²) in [5, 5.41) is 21.4. The molecule has 3 aromatic rings. The Balaban J connectivity index is 1.32. The van der Waals surface area contributed by atoms with Crippen molar-refractivity contribution in [3.05, 3.63) is 73.0 Å². The monoisotopic (exact) mass is 428 g/mol. The third kappa shape index (κ3) is 4.09. The standard InChI is InChI=1S/C24H24N6O2/c1-23(18-5-3-10-25-14-18)9-11-26-20(13-23)22(31)28-19-6-2-4-17(12-19)21-29-27-16-30(21)15-24(32)7-8-24/h2-6,9-12,14,16,32H,7-8,13,15H2,1H3,(H,28,31). The van der Waals surface area contributed by atoms with Gasteiger partial charge in [-0.15, -0.1) is 10.2 Å². The summed E-state index contributed by atoms with van der Waals surface area (Å²) in [6.07, 6.45) is 10.9. The molecular formula is C24H24N6O2. The van der Waals surface area contributed by atoms with E-state index in [9.17, 15) is 9.90 Å². The van der Waals surface area contributed by atoms with Crippen LogP contribution in [0.4, 0.5) is 5.69 Å². The predicted octanol–water partition coefficient (Wildman–Crippen LogP) is 3.12. The lowest BCUT2D eigenvalue weighted by Crippen LogP contribution is -2.33. The van der Waals surface area contributed by atoms with Gasteiger partial charge in [-0.3, -0.25) is 14.8 Å². The second-order valence-corrected chi connectivity index (χ2v) is 8.77. The molecule has 32 heavy (non-hydrogen) atoms. The fraction of sp³-hybridized carbons (Fsp3) is 0.292. The van der Waals surface area contributed by atoms with Gasteiger partial charge in [0, 0.05) is 41.7 Å². The number of carbonyl (C=O) groups is 1. The molecule has 2 aliphatic rings. The topological polar surface area (TPSA) is 105 Å². The Labute approximate surface area is 185 Å². The van der Waals surface area contributed by atoms with Crippen LogP contribution in [0, 0.1) is 0 Å². The minimum Gasteiger partial charge on any atom is -0.388 e. The minimum atomic E-state index is -0.656. The van der Waals surface area contributed by atoms with Gasteiger partial charge in [-0.1, -0.05) is 31.2 Å². The van der Waals surface area contributed by atoms with Crippen molar-refractivity contribution >= 4 is 17.3 Å². The molecule has 162 valence electrons. The molecule has 1 atom stereocenters. The zero-order chi connectivity index (χ0) is 22.2. The molecule has 5 rings (SSSR count). The van der Waals surface area contributed by atoms with Crippen molar-refractivity contribution in [3.63, 3.8) is 0 Å². The molecule has 1 unspecified atom stereocenters. The number of nitrogens with one attached hydrogen (secondary N) is 1. The average molecular weight is 428 g/mol. The van der Waals surface area contributed by atoms with Crippen molar-refractivity contribution in [2.75, 3.05) is 5.32 Å². The van der Waals surface area contributed by atoms with E-state index in [0.717, 1.165) is 24.0 Å². The lowest BCUT2D eigenvalue weighted by Gasteiger charge is -2.28. The Hall–Kier alpha value is -3.65. The smallest absolute Gasteiger partial charge is 0.270 e. The first-order valence-corrected chi connectivity index (χ1v) is 10.6. The summed E-state index contributed by atoms with van der Waals surface area (Å²) >= 11 is 0. The van der Waals surface area contributed by atoms with Crippen LogP contribution in [0.15, 0.2) is 72.4 Å². The highest BCUT2D eigenvalue weighted by molar-refractivity contribution is 6.43. The third-order valence-electron chi connectivity index (χ3n) is 6.08. The first-order valence-electron chi connectivity index (χ1n) is 10.6. The van der Waals surface area contributed by atoms with E-state index in [2.05, 4.69) is 32.4 Å². The van der Waals surface area contributed by atoms with E-state index < -0.39 is 5.60 Å². The maximum Gasteiger partial charge on any atom is 0.270 e.